The normalized spacial score (nSPS) is 12.9. The number of phenolic OH excluding ortho intramolecular Hbond substituents is 1. The van der Waals surface area contributed by atoms with E-state index in [1.54, 1.807) is 13.2 Å². The highest BCUT2D eigenvalue weighted by atomic mass is 19.3. The number of hydrogen-bond acceptors (Lipinski definition) is 6. The van der Waals surface area contributed by atoms with E-state index in [1.165, 1.54) is 12.1 Å². The summed E-state index contributed by atoms with van der Waals surface area (Å²) in [5, 5.41) is 22.0. The molecule has 1 atom stereocenters. The summed E-state index contributed by atoms with van der Waals surface area (Å²) in [4.78, 5) is 25.2. The zero-order valence-electron chi connectivity index (χ0n) is 24.7. The number of aliphatic carboxylic acids is 1. The van der Waals surface area contributed by atoms with E-state index < -0.39 is 23.8 Å². The Hall–Kier alpha value is -4.43. The molecule has 7 nitrogen and oxygen atoms in total. The minimum absolute atomic E-state index is 0.0988. The first-order chi connectivity index (χ1) is 20.3. The quantitative estimate of drug-likeness (QED) is 0.158. The lowest BCUT2D eigenvalue weighted by atomic mass is 10.0. The van der Waals surface area contributed by atoms with Crippen LogP contribution in [0.5, 0.6) is 11.5 Å². The molecule has 10 heteroatoms. The van der Waals surface area contributed by atoms with Gasteiger partial charge in [-0.2, -0.15) is 0 Å². The summed E-state index contributed by atoms with van der Waals surface area (Å²) in [7, 11) is 1.55. The third-order valence-electron chi connectivity index (χ3n) is 6.72. The summed E-state index contributed by atoms with van der Waals surface area (Å²) in [6.07, 6.45) is 2.69. The van der Waals surface area contributed by atoms with Gasteiger partial charge in [0.15, 0.2) is 0 Å². The van der Waals surface area contributed by atoms with Gasteiger partial charge in [-0.3, -0.25) is 4.79 Å². The molecule has 1 aliphatic rings. The Balaban J connectivity index is 0.000000934. The van der Waals surface area contributed by atoms with Crippen molar-refractivity contribution in [2.24, 2.45) is 0 Å². The summed E-state index contributed by atoms with van der Waals surface area (Å²) < 4.78 is 42.7. The topological polar surface area (TPSA) is 99.1 Å². The molecular formula is C33H37F3N2O5. The summed E-state index contributed by atoms with van der Waals surface area (Å²) in [6, 6.07) is 14.5. The number of carboxylic acid groups (broad SMARTS) is 1. The van der Waals surface area contributed by atoms with E-state index in [9.17, 15) is 23.5 Å². The van der Waals surface area contributed by atoms with Gasteiger partial charge in [0.1, 0.15) is 35.0 Å². The number of ether oxygens (including phenoxy) is 1. The molecule has 0 aromatic heterocycles. The zero-order valence-corrected chi connectivity index (χ0v) is 24.7. The van der Waals surface area contributed by atoms with E-state index in [0.29, 0.717) is 37.2 Å². The Kier molecular flexibility index (Phi) is 11.3. The molecule has 1 unspecified atom stereocenters. The maximum atomic E-state index is 15.2. The predicted octanol–water partition coefficient (Wildman–Crippen LogP) is 7.24. The van der Waals surface area contributed by atoms with Crippen molar-refractivity contribution >= 4 is 23.3 Å². The smallest absolute Gasteiger partial charge is 0.303 e. The SMILES string of the molecule is CC(C)(F)F.COc1cc(CCCCC(=O)O)cc(NC(C(=C=O)N2CCc3ccc(C)cc32)c2ccc(O)cc2F)c1. The molecule has 0 aliphatic carbocycles. The van der Waals surface area contributed by atoms with Crippen LogP contribution >= 0.6 is 0 Å². The number of benzene rings is 3. The van der Waals surface area contributed by atoms with Crippen molar-refractivity contribution in [3.8, 4) is 11.5 Å². The van der Waals surface area contributed by atoms with Crippen molar-refractivity contribution in [2.45, 2.75) is 64.8 Å². The predicted molar refractivity (Wildman–Crippen MR) is 160 cm³/mol. The molecule has 0 bridgehead atoms. The number of phenols is 1. The number of alkyl halides is 2. The van der Waals surface area contributed by atoms with Gasteiger partial charge in [0.05, 0.1) is 7.11 Å². The number of nitrogens with one attached hydrogen (secondary N) is 1. The van der Waals surface area contributed by atoms with Crippen molar-refractivity contribution in [1.82, 2.24) is 0 Å². The molecule has 3 aromatic rings. The van der Waals surface area contributed by atoms with Crippen molar-refractivity contribution in [3.05, 3.63) is 88.4 Å². The number of aromatic hydroxyl groups is 1. The van der Waals surface area contributed by atoms with Crippen molar-refractivity contribution in [3.63, 3.8) is 0 Å². The molecule has 1 heterocycles. The van der Waals surface area contributed by atoms with E-state index in [2.05, 4.69) is 11.3 Å². The number of halogens is 3. The van der Waals surface area contributed by atoms with E-state index in [1.807, 2.05) is 42.2 Å². The fourth-order valence-corrected chi connectivity index (χ4v) is 4.83. The summed E-state index contributed by atoms with van der Waals surface area (Å²) in [6.45, 7) is 4.23. The second kappa shape index (κ2) is 14.6. The Labute approximate surface area is 249 Å². The van der Waals surface area contributed by atoms with Crippen LogP contribution in [0.4, 0.5) is 24.5 Å². The van der Waals surface area contributed by atoms with Crippen molar-refractivity contribution in [2.75, 3.05) is 23.9 Å². The van der Waals surface area contributed by atoms with Crippen LogP contribution in [0.25, 0.3) is 0 Å². The van der Waals surface area contributed by atoms with Gasteiger partial charge in [-0.25, -0.2) is 18.0 Å². The summed E-state index contributed by atoms with van der Waals surface area (Å²) in [5.41, 5.74) is 4.96. The molecular weight excluding hydrogens is 561 g/mol. The molecule has 0 amide bonds. The minimum Gasteiger partial charge on any atom is -0.508 e. The zero-order chi connectivity index (χ0) is 31.7. The van der Waals surface area contributed by atoms with E-state index >= 15 is 4.39 Å². The lowest BCUT2D eigenvalue weighted by Crippen LogP contribution is -2.29. The number of aryl methyl sites for hydroxylation is 2. The first-order valence-corrected chi connectivity index (χ1v) is 13.9. The summed E-state index contributed by atoms with van der Waals surface area (Å²) in [5.74, 6) is -1.55. The van der Waals surface area contributed by atoms with Gasteiger partial charge in [-0.05, 0) is 93.5 Å². The molecule has 0 saturated heterocycles. The number of fused-ring (bicyclic) bond motifs is 1. The van der Waals surface area contributed by atoms with E-state index in [-0.39, 0.29) is 23.4 Å². The van der Waals surface area contributed by atoms with Crippen LogP contribution in [-0.2, 0) is 22.4 Å². The number of unbranched alkanes of at least 4 members (excludes halogenated alkanes) is 1. The van der Waals surface area contributed by atoms with Crippen molar-refractivity contribution < 1.29 is 37.7 Å². The highest BCUT2D eigenvalue weighted by molar-refractivity contribution is 5.73. The number of hydrogen-bond donors (Lipinski definition) is 3. The molecule has 3 N–H and O–H groups in total. The highest BCUT2D eigenvalue weighted by Gasteiger charge is 2.31. The molecule has 0 spiro atoms. The van der Waals surface area contributed by atoms with Crippen LogP contribution in [0, 0.1) is 12.7 Å². The second-order valence-electron chi connectivity index (χ2n) is 10.8. The van der Waals surface area contributed by atoms with Gasteiger partial charge in [-0.1, -0.05) is 12.1 Å². The molecule has 43 heavy (non-hydrogen) atoms. The molecule has 1 aliphatic heterocycles. The number of carboxylic acids is 1. The maximum absolute atomic E-state index is 15.2. The monoisotopic (exact) mass is 598 g/mol. The fourth-order valence-electron chi connectivity index (χ4n) is 4.83. The number of anilines is 2. The van der Waals surface area contributed by atoms with Crippen LogP contribution in [0.1, 0.15) is 61.4 Å². The van der Waals surface area contributed by atoms with Gasteiger partial charge in [0.25, 0.3) is 0 Å². The third kappa shape index (κ3) is 9.82. The standard InChI is InChI=1S/C30H31FN2O5.C3H6F2/c1-19-7-8-21-11-12-33(27(21)13-19)28(18-34)30(25-10-9-23(35)17-26(25)31)32-22-14-20(15-24(16-22)38-2)5-3-4-6-29(36)37;1-3(2,4)5/h7-10,13-17,30,32,35H,3-6,11-12H2,1-2H3,(H,36,37);1-2H3. The molecule has 0 saturated carbocycles. The van der Waals surface area contributed by atoms with E-state index in [0.717, 1.165) is 48.7 Å². The van der Waals surface area contributed by atoms with Gasteiger partial charge in [0.2, 0.25) is 5.92 Å². The van der Waals surface area contributed by atoms with Gasteiger partial charge >= 0.3 is 5.97 Å². The number of nitrogens with zero attached hydrogens (tertiary/aromatic N) is 1. The number of carbonyl (C=O) groups is 1. The van der Waals surface area contributed by atoms with Gasteiger partial charge < -0.3 is 25.2 Å². The van der Waals surface area contributed by atoms with Crippen LogP contribution < -0.4 is 15.0 Å². The van der Waals surface area contributed by atoms with Crippen LogP contribution in [0.15, 0.2) is 60.3 Å². The lowest BCUT2D eigenvalue weighted by Gasteiger charge is -2.29. The summed E-state index contributed by atoms with van der Waals surface area (Å²) >= 11 is 0. The Morgan fingerprint density at radius 2 is 1.84 bits per heavy atom. The Morgan fingerprint density at radius 3 is 2.47 bits per heavy atom. The van der Waals surface area contributed by atoms with E-state index in [4.69, 9.17) is 9.84 Å². The first-order valence-electron chi connectivity index (χ1n) is 13.9. The van der Waals surface area contributed by atoms with Gasteiger partial charge in [0, 0.05) is 42.0 Å². The average molecular weight is 599 g/mol. The van der Waals surface area contributed by atoms with Gasteiger partial charge in [-0.15, -0.1) is 0 Å². The Bertz CT molecular complexity index is 1480. The minimum atomic E-state index is -2.50. The van der Waals surface area contributed by atoms with Crippen LogP contribution in [-0.4, -0.2) is 41.7 Å². The van der Waals surface area contributed by atoms with Crippen molar-refractivity contribution in [1.29, 1.82) is 0 Å². The molecule has 4 rings (SSSR count). The first kappa shape index (κ1) is 33.1. The maximum Gasteiger partial charge on any atom is 0.303 e. The Morgan fingerprint density at radius 1 is 1.12 bits per heavy atom. The fraction of sp³-hybridized carbons (Fsp3) is 0.364. The molecule has 230 valence electrons. The highest BCUT2D eigenvalue weighted by Crippen LogP contribution is 2.38. The number of rotatable bonds is 11. The largest absolute Gasteiger partial charge is 0.508 e. The average Bonchev–Trinajstić information content (AvgIpc) is 3.33. The van der Waals surface area contributed by atoms with Crippen LogP contribution in [0.3, 0.4) is 0 Å². The second-order valence-corrected chi connectivity index (χ2v) is 10.8. The molecule has 0 radical (unpaired) electrons. The lowest BCUT2D eigenvalue weighted by molar-refractivity contribution is -0.137. The number of methoxy groups -OCH3 is 1. The van der Waals surface area contributed by atoms with Crippen LogP contribution in [0.2, 0.25) is 0 Å². The third-order valence-corrected chi connectivity index (χ3v) is 6.72. The molecule has 0 fully saturated rings. The molecule has 3 aromatic carbocycles. The number of carbonyl (C=O) groups excluding carboxylic acids is 1.